The van der Waals surface area contributed by atoms with Crippen LogP contribution in [0.3, 0.4) is 0 Å². The van der Waals surface area contributed by atoms with E-state index in [1.807, 2.05) is 42.5 Å². The van der Waals surface area contributed by atoms with Gasteiger partial charge in [0.2, 0.25) is 0 Å². The fraction of sp³-hybridized carbons (Fsp3) is 0.278. The van der Waals surface area contributed by atoms with E-state index < -0.39 is 18.3 Å². The molecule has 0 radical (unpaired) electrons. The van der Waals surface area contributed by atoms with Gasteiger partial charge in [-0.15, -0.1) is 0 Å². The molecule has 0 aromatic heterocycles. The number of alkyl carbamates (subject to hydrolysis) is 1. The monoisotopic (exact) mass is 393 g/mol. The van der Waals surface area contributed by atoms with Crippen molar-refractivity contribution in [3.05, 3.63) is 71.3 Å². The second-order valence-electron chi connectivity index (χ2n) is 5.33. The van der Waals surface area contributed by atoms with Crippen molar-refractivity contribution in [3.63, 3.8) is 0 Å². The molecule has 0 saturated heterocycles. The number of carbonyl (C=O) groups is 1. The van der Waals surface area contributed by atoms with E-state index in [0.29, 0.717) is 5.56 Å². The molecule has 24 heavy (non-hydrogen) atoms. The smallest absolute Gasteiger partial charge is 0.407 e. The summed E-state index contributed by atoms with van der Waals surface area (Å²) in [5.41, 5.74) is 2.54. The van der Waals surface area contributed by atoms with Crippen molar-refractivity contribution >= 4 is 22.0 Å². The number of halogens is 1. The Morgan fingerprint density at radius 2 is 1.71 bits per heavy atom. The number of amides is 1. The number of alkyl halides is 1. The number of rotatable bonds is 7. The zero-order chi connectivity index (χ0) is 17.4. The Kier molecular flexibility index (Phi) is 7.24. The minimum atomic E-state index is -1.12. The van der Waals surface area contributed by atoms with Crippen molar-refractivity contribution in [2.75, 3.05) is 6.54 Å². The average molecular weight is 394 g/mol. The van der Waals surface area contributed by atoms with Gasteiger partial charge in [-0.25, -0.2) is 4.79 Å². The van der Waals surface area contributed by atoms with Crippen LogP contribution in [0.4, 0.5) is 4.79 Å². The summed E-state index contributed by atoms with van der Waals surface area (Å²) in [5.74, 6) is 0. The van der Waals surface area contributed by atoms with Gasteiger partial charge < -0.3 is 20.3 Å². The van der Waals surface area contributed by atoms with E-state index in [4.69, 9.17) is 4.74 Å². The number of benzene rings is 2. The quantitative estimate of drug-likeness (QED) is 0.631. The van der Waals surface area contributed by atoms with Gasteiger partial charge >= 0.3 is 6.09 Å². The van der Waals surface area contributed by atoms with E-state index in [9.17, 15) is 15.0 Å². The molecule has 0 aliphatic heterocycles. The number of hydrogen-bond acceptors (Lipinski definition) is 4. The topological polar surface area (TPSA) is 78.8 Å². The second-order valence-corrected chi connectivity index (χ2v) is 5.89. The maximum atomic E-state index is 11.6. The zero-order valence-electron chi connectivity index (χ0n) is 13.1. The van der Waals surface area contributed by atoms with Crippen molar-refractivity contribution in [2.24, 2.45) is 0 Å². The van der Waals surface area contributed by atoms with Crippen LogP contribution in [0.25, 0.3) is 0 Å². The Hall–Kier alpha value is -1.89. The number of ether oxygens (including phenoxy) is 1. The van der Waals surface area contributed by atoms with Gasteiger partial charge in [-0.05, 0) is 16.7 Å². The van der Waals surface area contributed by atoms with Crippen LogP contribution in [0.5, 0.6) is 0 Å². The highest BCUT2D eigenvalue weighted by atomic mass is 79.9. The van der Waals surface area contributed by atoms with Gasteiger partial charge in [-0.1, -0.05) is 70.5 Å². The molecular formula is C18H20BrNO4. The van der Waals surface area contributed by atoms with Crippen LogP contribution in [0.15, 0.2) is 54.6 Å². The summed E-state index contributed by atoms with van der Waals surface area (Å²) < 4.78 is 5.05. The number of hydrogen-bond donors (Lipinski definition) is 3. The minimum Gasteiger partial charge on any atom is -0.445 e. The molecule has 2 unspecified atom stereocenters. The Balaban J connectivity index is 1.76. The van der Waals surface area contributed by atoms with E-state index in [1.165, 1.54) is 0 Å². The number of aliphatic hydroxyl groups excluding tert-OH is 2. The van der Waals surface area contributed by atoms with Crippen LogP contribution in [-0.2, 0) is 16.7 Å². The van der Waals surface area contributed by atoms with Crippen LogP contribution in [0.1, 0.15) is 22.8 Å². The summed E-state index contributed by atoms with van der Waals surface area (Å²) in [6.07, 6.45) is -2.84. The maximum absolute atomic E-state index is 11.6. The van der Waals surface area contributed by atoms with E-state index in [2.05, 4.69) is 21.2 Å². The molecule has 0 bridgehead atoms. The molecule has 2 aromatic carbocycles. The predicted octanol–water partition coefficient (Wildman–Crippen LogP) is 2.90. The fourth-order valence-corrected chi connectivity index (χ4v) is 2.47. The highest BCUT2D eigenvalue weighted by molar-refractivity contribution is 9.08. The van der Waals surface area contributed by atoms with Crippen LogP contribution < -0.4 is 5.32 Å². The molecule has 3 N–H and O–H groups in total. The lowest BCUT2D eigenvalue weighted by Crippen LogP contribution is -2.35. The zero-order valence-corrected chi connectivity index (χ0v) is 14.6. The summed E-state index contributed by atoms with van der Waals surface area (Å²) in [7, 11) is 0. The first-order chi connectivity index (χ1) is 11.6. The molecule has 0 aliphatic carbocycles. The molecule has 6 heteroatoms. The highest BCUT2D eigenvalue weighted by Crippen LogP contribution is 2.18. The summed E-state index contributed by atoms with van der Waals surface area (Å²) in [5, 5.41) is 23.3. The molecule has 128 valence electrons. The van der Waals surface area contributed by atoms with Gasteiger partial charge in [-0.3, -0.25) is 0 Å². The number of carbonyl (C=O) groups excluding carboxylic acids is 1. The minimum absolute atomic E-state index is 0.102. The van der Waals surface area contributed by atoms with Crippen molar-refractivity contribution in [1.29, 1.82) is 0 Å². The fourth-order valence-electron chi connectivity index (χ4n) is 2.10. The lowest BCUT2D eigenvalue weighted by molar-refractivity contribution is 0.0184. The Morgan fingerprint density at radius 3 is 2.33 bits per heavy atom. The van der Waals surface area contributed by atoms with Gasteiger partial charge in [0, 0.05) is 11.9 Å². The van der Waals surface area contributed by atoms with Crippen molar-refractivity contribution < 1.29 is 19.7 Å². The van der Waals surface area contributed by atoms with E-state index >= 15 is 0 Å². The third-order valence-corrected chi connectivity index (χ3v) is 4.16. The first-order valence-corrected chi connectivity index (χ1v) is 8.68. The van der Waals surface area contributed by atoms with Crippen LogP contribution in [0.2, 0.25) is 0 Å². The SMILES string of the molecule is O=C(NCC(O)C(O)c1ccc(CBr)cc1)OCc1ccccc1. The van der Waals surface area contributed by atoms with Gasteiger partial charge in [0.15, 0.2) is 0 Å². The molecule has 5 nitrogen and oxygen atoms in total. The van der Waals surface area contributed by atoms with Crippen molar-refractivity contribution in [3.8, 4) is 0 Å². The molecule has 2 rings (SSSR count). The molecule has 0 spiro atoms. The maximum Gasteiger partial charge on any atom is 0.407 e. The van der Waals surface area contributed by atoms with Gasteiger partial charge in [0.05, 0.1) is 0 Å². The van der Waals surface area contributed by atoms with Crippen molar-refractivity contribution in [2.45, 2.75) is 24.1 Å². The van der Waals surface area contributed by atoms with Crippen LogP contribution in [0, 0.1) is 0 Å². The molecule has 0 aliphatic rings. The normalized spacial score (nSPS) is 13.1. The third kappa shape index (κ3) is 5.63. The van der Waals surface area contributed by atoms with Gasteiger partial charge in [-0.2, -0.15) is 0 Å². The van der Waals surface area contributed by atoms with Gasteiger partial charge in [0.1, 0.15) is 18.8 Å². The third-order valence-electron chi connectivity index (χ3n) is 3.51. The van der Waals surface area contributed by atoms with E-state index in [1.54, 1.807) is 12.1 Å². The summed E-state index contributed by atoms with van der Waals surface area (Å²) in [4.78, 5) is 11.6. The number of nitrogens with one attached hydrogen (secondary N) is 1. The standard InChI is InChI=1S/C18H20BrNO4/c19-10-13-6-8-15(9-7-13)17(22)16(21)11-20-18(23)24-12-14-4-2-1-3-5-14/h1-9,16-17,21-22H,10-12H2,(H,20,23). The van der Waals surface area contributed by atoms with E-state index in [-0.39, 0.29) is 13.2 Å². The lowest BCUT2D eigenvalue weighted by Gasteiger charge is -2.19. The van der Waals surface area contributed by atoms with Crippen LogP contribution >= 0.6 is 15.9 Å². The average Bonchev–Trinajstić information content (AvgIpc) is 2.64. The Morgan fingerprint density at radius 1 is 1.04 bits per heavy atom. The molecule has 0 saturated carbocycles. The summed E-state index contributed by atoms with van der Waals surface area (Å²) in [6, 6.07) is 16.5. The first-order valence-electron chi connectivity index (χ1n) is 7.55. The first kappa shape index (κ1) is 18.4. The largest absolute Gasteiger partial charge is 0.445 e. The Bertz CT molecular complexity index is 633. The molecule has 2 aromatic rings. The second kappa shape index (κ2) is 9.42. The van der Waals surface area contributed by atoms with Crippen LogP contribution in [-0.4, -0.2) is 29.0 Å². The van der Waals surface area contributed by atoms with Gasteiger partial charge in [0.25, 0.3) is 0 Å². The molecule has 0 heterocycles. The number of aliphatic hydroxyl groups is 2. The molecule has 2 atom stereocenters. The Labute approximate surface area is 149 Å². The summed E-state index contributed by atoms with van der Waals surface area (Å²) >= 11 is 3.35. The molecular weight excluding hydrogens is 374 g/mol. The predicted molar refractivity (Wildman–Crippen MR) is 94.7 cm³/mol. The lowest BCUT2D eigenvalue weighted by atomic mass is 10.0. The van der Waals surface area contributed by atoms with Crippen molar-refractivity contribution in [1.82, 2.24) is 5.32 Å². The molecule has 1 amide bonds. The molecule has 0 fully saturated rings. The van der Waals surface area contributed by atoms with E-state index in [0.717, 1.165) is 16.5 Å². The highest BCUT2D eigenvalue weighted by Gasteiger charge is 2.19. The summed E-state index contributed by atoms with van der Waals surface area (Å²) in [6.45, 7) is 0.0499.